The number of hydrogen-bond acceptors (Lipinski definition) is 7. The third-order valence-corrected chi connectivity index (χ3v) is 7.10. The van der Waals surface area contributed by atoms with Gasteiger partial charge in [-0.05, 0) is 61.4 Å². The van der Waals surface area contributed by atoms with Gasteiger partial charge in [0.05, 0.1) is 25.0 Å². The van der Waals surface area contributed by atoms with E-state index in [2.05, 4.69) is 10.1 Å². The molecule has 30 heavy (non-hydrogen) atoms. The van der Waals surface area contributed by atoms with Crippen molar-refractivity contribution in [1.82, 2.24) is 14.4 Å². The van der Waals surface area contributed by atoms with E-state index in [0.717, 1.165) is 24.2 Å². The van der Waals surface area contributed by atoms with Gasteiger partial charge in [-0.3, -0.25) is 0 Å². The predicted octanol–water partition coefficient (Wildman–Crippen LogP) is 3.32. The highest BCUT2D eigenvalue weighted by molar-refractivity contribution is 7.89. The van der Waals surface area contributed by atoms with Crippen molar-refractivity contribution in [1.29, 1.82) is 0 Å². The van der Waals surface area contributed by atoms with Crippen LogP contribution in [0.1, 0.15) is 24.7 Å². The minimum Gasteiger partial charge on any atom is -0.497 e. The molecule has 0 saturated carbocycles. The minimum atomic E-state index is -3.61. The molecule has 1 aliphatic heterocycles. The summed E-state index contributed by atoms with van der Waals surface area (Å²) in [7, 11) is -0.455. The first kappa shape index (κ1) is 20.4. The summed E-state index contributed by atoms with van der Waals surface area (Å²) in [6.07, 6.45) is 1.51. The SMILES string of the molecule is COc1ccc(-c2noc([C@H]3CCCN(S(=O)(=O)c4ccc(OC)cc4)C3)n2)cc1. The van der Waals surface area contributed by atoms with Crippen molar-refractivity contribution in [2.24, 2.45) is 0 Å². The molecule has 0 unspecified atom stereocenters. The quantitative estimate of drug-likeness (QED) is 0.593. The Labute approximate surface area is 175 Å². The molecule has 0 bridgehead atoms. The van der Waals surface area contributed by atoms with Gasteiger partial charge in [0.25, 0.3) is 0 Å². The molecule has 1 aromatic heterocycles. The van der Waals surface area contributed by atoms with Crippen LogP contribution in [0.15, 0.2) is 57.9 Å². The molecule has 0 N–H and O–H groups in total. The number of rotatable bonds is 6. The lowest BCUT2D eigenvalue weighted by Gasteiger charge is -2.30. The van der Waals surface area contributed by atoms with Crippen LogP contribution in [0.25, 0.3) is 11.4 Å². The standard InChI is InChI=1S/C21H23N3O5S/c1-27-17-7-5-15(6-8-17)20-22-21(29-23-20)16-4-3-13-24(14-16)30(25,26)19-11-9-18(28-2)10-12-19/h5-12,16H,3-4,13-14H2,1-2H3/t16-/m0/s1. The molecule has 3 aromatic rings. The molecule has 0 spiro atoms. The maximum Gasteiger partial charge on any atom is 0.243 e. The summed E-state index contributed by atoms with van der Waals surface area (Å²) in [5.74, 6) is 2.14. The Kier molecular flexibility index (Phi) is 5.74. The van der Waals surface area contributed by atoms with Crippen LogP contribution >= 0.6 is 0 Å². The van der Waals surface area contributed by atoms with Crippen LogP contribution in [0.4, 0.5) is 0 Å². The largest absolute Gasteiger partial charge is 0.497 e. The van der Waals surface area contributed by atoms with Crippen LogP contribution in [-0.4, -0.2) is 50.2 Å². The zero-order valence-electron chi connectivity index (χ0n) is 16.8. The molecule has 2 heterocycles. The molecule has 1 saturated heterocycles. The summed E-state index contributed by atoms with van der Waals surface area (Å²) in [6, 6.07) is 13.8. The molecular formula is C21H23N3O5S. The summed E-state index contributed by atoms with van der Waals surface area (Å²) < 4.78 is 43.4. The van der Waals surface area contributed by atoms with Crippen molar-refractivity contribution in [2.45, 2.75) is 23.7 Å². The lowest BCUT2D eigenvalue weighted by molar-refractivity contribution is 0.265. The summed E-state index contributed by atoms with van der Waals surface area (Å²) in [4.78, 5) is 4.76. The smallest absolute Gasteiger partial charge is 0.243 e. The zero-order valence-corrected chi connectivity index (χ0v) is 17.6. The molecule has 0 amide bonds. The van der Waals surface area contributed by atoms with Crippen LogP contribution in [0, 0.1) is 0 Å². The molecule has 1 atom stereocenters. The van der Waals surface area contributed by atoms with Gasteiger partial charge in [-0.1, -0.05) is 5.16 Å². The summed E-state index contributed by atoms with van der Waals surface area (Å²) in [6.45, 7) is 0.767. The van der Waals surface area contributed by atoms with E-state index in [-0.39, 0.29) is 10.8 Å². The van der Waals surface area contributed by atoms with Crippen molar-refractivity contribution in [3.8, 4) is 22.9 Å². The molecule has 0 aliphatic carbocycles. The molecule has 1 fully saturated rings. The number of ether oxygens (including phenoxy) is 2. The van der Waals surface area contributed by atoms with E-state index in [0.29, 0.717) is 30.6 Å². The Morgan fingerprint density at radius 2 is 1.63 bits per heavy atom. The Morgan fingerprint density at radius 3 is 2.27 bits per heavy atom. The minimum absolute atomic E-state index is 0.147. The first-order valence-electron chi connectivity index (χ1n) is 9.63. The topological polar surface area (TPSA) is 94.8 Å². The number of methoxy groups -OCH3 is 2. The maximum atomic E-state index is 13.1. The fraction of sp³-hybridized carbons (Fsp3) is 0.333. The number of aromatic nitrogens is 2. The van der Waals surface area contributed by atoms with Crippen molar-refractivity contribution in [2.75, 3.05) is 27.3 Å². The van der Waals surface area contributed by atoms with Gasteiger partial charge in [0.2, 0.25) is 21.7 Å². The van der Waals surface area contributed by atoms with E-state index >= 15 is 0 Å². The van der Waals surface area contributed by atoms with Gasteiger partial charge in [0.15, 0.2) is 0 Å². The second-order valence-electron chi connectivity index (χ2n) is 7.06. The summed E-state index contributed by atoms with van der Waals surface area (Å²) >= 11 is 0. The van der Waals surface area contributed by atoms with Crippen molar-refractivity contribution in [3.05, 3.63) is 54.4 Å². The van der Waals surface area contributed by atoms with Crippen LogP contribution < -0.4 is 9.47 Å². The van der Waals surface area contributed by atoms with Crippen molar-refractivity contribution in [3.63, 3.8) is 0 Å². The van der Waals surface area contributed by atoms with Gasteiger partial charge in [-0.15, -0.1) is 0 Å². The third kappa shape index (κ3) is 4.03. The fourth-order valence-corrected chi connectivity index (χ4v) is 5.04. The van der Waals surface area contributed by atoms with E-state index < -0.39 is 10.0 Å². The van der Waals surface area contributed by atoms with Crippen LogP contribution in [0.2, 0.25) is 0 Å². The van der Waals surface area contributed by atoms with Gasteiger partial charge in [0.1, 0.15) is 11.5 Å². The fourth-order valence-electron chi connectivity index (χ4n) is 3.52. The lowest BCUT2D eigenvalue weighted by Crippen LogP contribution is -2.39. The average Bonchev–Trinajstić information content (AvgIpc) is 3.29. The number of benzene rings is 2. The van der Waals surface area contributed by atoms with Crippen molar-refractivity contribution >= 4 is 10.0 Å². The van der Waals surface area contributed by atoms with E-state index in [1.807, 2.05) is 24.3 Å². The number of hydrogen-bond donors (Lipinski definition) is 0. The first-order valence-corrected chi connectivity index (χ1v) is 11.1. The maximum absolute atomic E-state index is 13.1. The van der Waals surface area contributed by atoms with E-state index in [4.69, 9.17) is 14.0 Å². The van der Waals surface area contributed by atoms with Gasteiger partial charge in [-0.25, -0.2) is 8.42 Å². The van der Waals surface area contributed by atoms with Gasteiger partial charge >= 0.3 is 0 Å². The predicted molar refractivity (Wildman–Crippen MR) is 110 cm³/mol. The first-order chi connectivity index (χ1) is 14.5. The monoisotopic (exact) mass is 429 g/mol. The molecule has 4 rings (SSSR count). The molecule has 1 aliphatic rings. The third-order valence-electron chi connectivity index (χ3n) is 5.22. The zero-order chi connectivity index (χ0) is 21.1. The molecule has 2 aromatic carbocycles. The second kappa shape index (κ2) is 8.45. The molecule has 0 radical (unpaired) electrons. The normalized spacial score (nSPS) is 17.6. The van der Waals surface area contributed by atoms with Gasteiger partial charge < -0.3 is 14.0 Å². The van der Waals surface area contributed by atoms with Crippen LogP contribution in [-0.2, 0) is 10.0 Å². The number of sulfonamides is 1. The highest BCUT2D eigenvalue weighted by atomic mass is 32.2. The number of piperidine rings is 1. The Morgan fingerprint density at radius 1 is 1.00 bits per heavy atom. The highest BCUT2D eigenvalue weighted by Gasteiger charge is 2.33. The summed E-state index contributed by atoms with van der Waals surface area (Å²) in [5, 5.41) is 4.07. The molecule has 9 heteroatoms. The Bertz CT molecular complexity index is 1090. The highest BCUT2D eigenvalue weighted by Crippen LogP contribution is 2.31. The Hall–Kier alpha value is -2.91. The summed E-state index contributed by atoms with van der Waals surface area (Å²) in [5.41, 5.74) is 0.810. The lowest BCUT2D eigenvalue weighted by atomic mass is 10.00. The number of nitrogens with zero attached hydrogens (tertiary/aromatic N) is 3. The average molecular weight is 429 g/mol. The van der Waals surface area contributed by atoms with Crippen molar-refractivity contribution < 1.29 is 22.4 Å². The molecule has 8 nitrogen and oxygen atoms in total. The van der Waals surface area contributed by atoms with E-state index in [1.54, 1.807) is 38.5 Å². The Balaban J connectivity index is 1.51. The van der Waals surface area contributed by atoms with E-state index in [1.165, 1.54) is 4.31 Å². The molecular weight excluding hydrogens is 406 g/mol. The second-order valence-corrected chi connectivity index (χ2v) is 9.00. The van der Waals surface area contributed by atoms with Gasteiger partial charge in [-0.2, -0.15) is 9.29 Å². The van der Waals surface area contributed by atoms with Crippen LogP contribution in [0.5, 0.6) is 11.5 Å². The molecule has 158 valence electrons. The van der Waals surface area contributed by atoms with E-state index in [9.17, 15) is 8.42 Å². The van der Waals surface area contributed by atoms with Crippen LogP contribution in [0.3, 0.4) is 0 Å². The van der Waals surface area contributed by atoms with Gasteiger partial charge in [0, 0.05) is 18.7 Å².